The normalized spacial score (nSPS) is 54.4. The van der Waals surface area contributed by atoms with E-state index < -0.39 is 28.5 Å². The molecule has 0 aromatic heterocycles. The van der Waals surface area contributed by atoms with Crippen LogP contribution in [0.5, 0.6) is 0 Å². The minimum atomic E-state index is -0.884. The van der Waals surface area contributed by atoms with E-state index in [1.807, 2.05) is 13.8 Å². The second-order valence-electron chi connectivity index (χ2n) is 15.3. The number of aliphatic hydroxyl groups excluding tert-OH is 1. The molecule has 0 radical (unpaired) electrons. The molecule has 3 N–H and O–H groups in total. The Morgan fingerprint density at radius 3 is 2.09 bits per heavy atom. The quantitative estimate of drug-likeness (QED) is 0.440. The van der Waals surface area contributed by atoms with E-state index in [4.69, 9.17) is 0 Å². The lowest BCUT2D eigenvalue weighted by Gasteiger charge is -2.73. The van der Waals surface area contributed by atoms with Crippen molar-refractivity contribution in [2.45, 2.75) is 124 Å². The zero-order valence-electron chi connectivity index (χ0n) is 22.8. The van der Waals surface area contributed by atoms with Crippen molar-refractivity contribution in [3.8, 4) is 0 Å². The smallest absolute Gasteiger partial charge is 0.310 e. The van der Waals surface area contributed by atoms with Crippen LogP contribution in [-0.2, 0) is 4.79 Å². The summed E-state index contributed by atoms with van der Waals surface area (Å²) in [4.78, 5) is 13.6. The maximum absolute atomic E-state index is 13.6. The van der Waals surface area contributed by atoms with Gasteiger partial charge in [0.25, 0.3) is 0 Å². The molecule has 4 nitrogen and oxygen atoms in total. The molecule has 0 amide bonds. The molecule has 34 heavy (non-hydrogen) atoms. The van der Waals surface area contributed by atoms with Gasteiger partial charge in [-0.1, -0.05) is 41.0 Å². The first-order valence-electron chi connectivity index (χ1n) is 14.2. The van der Waals surface area contributed by atoms with Gasteiger partial charge in [-0.25, -0.2) is 0 Å². The predicted molar refractivity (Wildman–Crippen MR) is 134 cm³/mol. The van der Waals surface area contributed by atoms with E-state index in [-0.39, 0.29) is 34.0 Å². The summed E-state index contributed by atoms with van der Waals surface area (Å²) >= 11 is 0. The fraction of sp³-hybridized carbons (Fsp3) is 0.967. The van der Waals surface area contributed by atoms with Crippen LogP contribution in [0.1, 0.15) is 113 Å². The van der Waals surface area contributed by atoms with Crippen molar-refractivity contribution in [3.05, 3.63) is 0 Å². The molecule has 5 aliphatic carbocycles. The van der Waals surface area contributed by atoms with Crippen LogP contribution in [0.15, 0.2) is 0 Å². The topological polar surface area (TPSA) is 77.8 Å². The number of aliphatic carboxylic acids is 1. The van der Waals surface area contributed by atoms with Crippen LogP contribution in [-0.4, -0.2) is 33.0 Å². The Kier molecular flexibility index (Phi) is 5.34. The van der Waals surface area contributed by atoms with Gasteiger partial charge in [-0.15, -0.1) is 0 Å². The fourth-order valence-corrected chi connectivity index (χ4v) is 12.1. The molecule has 0 aromatic rings. The van der Waals surface area contributed by atoms with Gasteiger partial charge in [-0.2, -0.15) is 0 Å². The Bertz CT molecular complexity index is 858. The second-order valence-corrected chi connectivity index (χ2v) is 15.3. The molecule has 5 saturated carbocycles. The molecule has 0 aromatic carbocycles. The average molecular weight is 475 g/mol. The highest BCUT2D eigenvalue weighted by Gasteiger charge is 2.76. The minimum Gasteiger partial charge on any atom is -0.481 e. The van der Waals surface area contributed by atoms with Crippen LogP contribution in [0.25, 0.3) is 0 Å². The van der Waals surface area contributed by atoms with Crippen molar-refractivity contribution in [2.75, 3.05) is 0 Å². The van der Waals surface area contributed by atoms with E-state index in [0.29, 0.717) is 18.3 Å². The lowest BCUT2D eigenvalue weighted by atomic mass is 9.31. The molecule has 0 unspecified atom stereocenters. The minimum absolute atomic E-state index is 0.0660. The SMILES string of the molecule is CC(C)(O)[C@H]1CC[C@]2(C)[C@H]3CC[C@@H]4[C@@]5(C)CCCC(C)(C)[C@@H]5C[C@H](O)[C@@]4(C)[C@]3(C(=O)O)CC[C@@H]12. The first kappa shape index (κ1) is 25.1. The molecule has 5 fully saturated rings. The van der Waals surface area contributed by atoms with Crippen LogP contribution in [0.4, 0.5) is 0 Å². The molecule has 0 aliphatic heterocycles. The first-order valence-corrected chi connectivity index (χ1v) is 14.2. The van der Waals surface area contributed by atoms with Crippen molar-refractivity contribution in [3.63, 3.8) is 0 Å². The Labute approximate surface area is 207 Å². The van der Waals surface area contributed by atoms with Gasteiger partial charge in [0.1, 0.15) is 0 Å². The summed E-state index contributed by atoms with van der Waals surface area (Å²) in [6, 6.07) is 0. The molecule has 194 valence electrons. The molecular weight excluding hydrogens is 424 g/mol. The summed E-state index contributed by atoms with van der Waals surface area (Å²) in [5, 5.41) is 34.1. The maximum atomic E-state index is 13.6. The van der Waals surface area contributed by atoms with E-state index in [1.165, 1.54) is 12.8 Å². The first-order chi connectivity index (χ1) is 15.6. The molecule has 4 heteroatoms. The zero-order chi connectivity index (χ0) is 25.1. The third-order valence-corrected chi connectivity index (χ3v) is 13.5. The third-order valence-electron chi connectivity index (χ3n) is 13.5. The molecule has 0 saturated heterocycles. The van der Waals surface area contributed by atoms with Gasteiger partial charge in [0.05, 0.1) is 17.1 Å². The molecule has 5 rings (SSSR count). The van der Waals surface area contributed by atoms with Crippen LogP contribution in [0, 0.1) is 56.7 Å². The second kappa shape index (κ2) is 7.24. The molecule has 5 aliphatic rings. The number of rotatable bonds is 2. The van der Waals surface area contributed by atoms with E-state index in [0.717, 1.165) is 44.9 Å². The molecule has 0 bridgehead atoms. The fourth-order valence-electron chi connectivity index (χ4n) is 12.1. The van der Waals surface area contributed by atoms with Crippen LogP contribution in [0.3, 0.4) is 0 Å². The predicted octanol–water partition coefficient (Wildman–Crippen LogP) is 6.28. The zero-order valence-corrected chi connectivity index (χ0v) is 22.8. The van der Waals surface area contributed by atoms with Gasteiger partial charge in [0.15, 0.2) is 0 Å². The number of carbonyl (C=O) groups is 1. The lowest BCUT2D eigenvalue weighted by Crippen LogP contribution is -2.72. The molecule has 0 heterocycles. The molecule has 10 atom stereocenters. The number of fused-ring (bicyclic) bond motifs is 7. The van der Waals surface area contributed by atoms with Crippen molar-refractivity contribution in [1.82, 2.24) is 0 Å². The summed E-state index contributed by atoms with van der Waals surface area (Å²) in [6.07, 6.45) is 9.21. The van der Waals surface area contributed by atoms with E-state index in [2.05, 4.69) is 34.6 Å². The average Bonchev–Trinajstić information content (AvgIpc) is 3.07. The third kappa shape index (κ3) is 2.82. The summed E-state index contributed by atoms with van der Waals surface area (Å²) in [5.41, 5.74) is -2.03. The standard InChI is InChI=1S/C30H50O4/c1-25(2)13-8-14-28(6)20-9-10-21-27(5)15-11-18(26(3,4)34)19(27)12-16-30(21,24(32)33)29(20,7)23(31)17-22(25)28/h18-23,31,34H,8-17H2,1-7H3,(H,32,33)/t18-,19-,20+,21+,22-,23-,27-,28+,29-,30+/m0/s1. The van der Waals surface area contributed by atoms with Gasteiger partial charge >= 0.3 is 5.97 Å². The summed E-state index contributed by atoms with van der Waals surface area (Å²) in [5.74, 6) is 0.688. The maximum Gasteiger partial charge on any atom is 0.310 e. The lowest BCUT2D eigenvalue weighted by molar-refractivity contribution is -0.282. The Morgan fingerprint density at radius 1 is 0.824 bits per heavy atom. The van der Waals surface area contributed by atoms with Crippen molar-refractivity contribution < 1.29 is 20.1 Å². The van der Waals surface area contributed by atoms with E-state index in [1.54, 1.807) is 0 Å². The highest BCUT2D eigenvalue weighted by atomic mass is 16.4. The summed E-state index contributed by atoms with van der Waals surface area (Å²) < 4.78 is 0. The number of aliphatic hydroxyl groups is 2. The number of carboxylic acid groups (broad SMARTS) is 1. The number of hydrogen-bond acceptors (Lipinski definition) is 3. The van der Waals surface area contributed by atoms with Crippen molar-refractivity contribution >= 4 is 5.97 Å². The van der Waals surface area contributed by atoms with Gasteiger partial charge in [-0.3, -0.25) is 4.79 Å². The summed E-state index contributed by atoms with van der Waals surface area (Å²) in [7, 11) is 0. The van der Waals surface area contributed by atoms with Crippen molar-refractivity contribution in [2.24, 2.45) is 56.7 Å². The number of carboxylic acids is 1. The van der Waals surface area contributed by atoms with Crippen LogP contribution >= 0.6 is 0 Å². The molecular formula is C30H50O4. The van der Waals surface area contributed by atoms with Crippen LogP contribution < -0.4 is 0 Å². The van der Waals surface area contributed by atoms with Crippen molar-refractivity contribution in [1.29, 1.82) is 0 Å². The Morgan fingerprint density at radius 2 is 1.47 bits per heavy atom. The highest BCUT2D eigenvalue weighted by Crippen LogP contribution is 2.78. The number of hydrogen-bond donors (Lipinski definition) is 3. The largest absolute Gasteiger partial charge is 0.481 e. The summed E-state index contributed by atoms with van der Waals surface area (Å²) in [6.45, 7) is 15.6. The van der Waals surface area contributed by atoms with Gasteiger partial charge in [0, 0.05) is 5.41 Å². The highest BCUT2D eigenvalue weighted by molar-refractivity contribution is 5.77. The Balaban J connectivity index is 1.63. The van der Waals surface area contributed by atoms with E-state index >= 15 is 0 Å². The molecule has 0 spiro atoms. The van der Waals surface area contributed by atoms with Gasteiger partial charge < -0.3 is 15.3 Å². The van der Waals surface area contributed by atoms with E-state index in [9.17, 15) is 20.1 Å². The van der Waals surface area contributed by atoms with Gasteiger partial charge in [-0.05, 0) is 117 Å². The Hall–Kier alpha value is -0.610. The van der Waals surface area contributed by atoms with Gasteiger partial charge in [0.2, 0.25) is 0 Å². The monoisotopic (exact) mass is 474 g/mol. The van der Waals surface area contributed by atoms with Crippen LogP contribution in [0.2, 0.25) is 0 Å².